The molecule has 3 nitrogen and oxygen atoms in total. The van der Waals surface area contributed by atoms with Crippen LogP contribution in [0.3, 0.4) is 0 Å². The molecule has 0 spiro atoms. The van der Waals surface area contributed by atoms with Crippen LogP contribution in [0.4, 0.5) is 0 Å². The minimum atomic E-state index is 0.163. The van der Waals surface area contributed by atoms with Crippen molar-refractivity contribution in [3.05, 3.63) is 0 Å². The Hall–Kier alpha value is -0.120. The van der Waals surface area contributed by atoms with Gasteiger partial charge in [0.15, 0.2) is 0 Å². The molecule has 1 aliphatic heterocycles. The van der Waals surface area contributed by atoms with E-state index in [4.69, 9.17) is 4.74 Å². The maximum Gasteiger partial charge on any atom is 0.0641 e. The van der Waals surface area contributed by atoms with Crippen LogP contribution in [-0.4, -0.2) is 49.8 Å². The highest BCUT2D eigenvalue weighted by Crippen LogP contribution is 2.18. The van der Waals surface area contributed by atoms with Crippen molar-refractivity contribution in [3.63, 3.8) is 0 Å². The summed E-state index contributed by atoms with van der Waals surface area (Å²) in [7, 11) is 1.77. The summed E-state index contributed by atoms with van der Waals surface area (Å²) in [4.78, 5) is 2.52. The largest absolute Gasteiger partial charge is 0.383 e. The molecular weight excluding hydrogens is 164 g/mol. The predicted octanol–water partition coefficient (Wildman–Crippen LogP) is 0.705. The van der Waals surface area contributed by atoms with E-state index in [9.17, 15) is 0 Å². The van der Waals surface area contributed by atoms with Crippen LogP contribution in [0.5, 0.6) is 0 Å². The van der Waals surface area contributed by atoms with Crippen molar-refractivity contribution in [2.45, 2.75) is 32.4 Å². The average molecular weight is 186 g/mol. The Bertz CT molecular complexity index is 159. The van der Waals surface area contributed by atoms with E-state index in [2.05, 4.69) is 31.0 Å². The van der Waals surface area contributed by atoms with Crippen molar-refractivity contribution >= 4 is 0 Å². The van der Waals surface area contributed by atoms with Gasteiger partial charge in [0.25, 0.3) is 0 Å². The van der Waals surface area contributed by atoms with Gasteiger partial charge < -0.3 is 10.1 Å². The van der Waals surface area contributed by atoms with E-state index in [1.807, 2.05) is 0 Å². The van der Waals surface area contributed by atoms with Crippen LogP contribution >= 0.6 is 0 Å². The molecule has 0 aromatic heterocycles. The lowest BCUT2D eigenvalue weighted by molar-refractivity contribution is -0.000304. The summed E-state index contributed by atoms with van der Waals surface area (Å²) >= 11 is 0. The van der Waals surface area contributed by atoms with Gasteiger partial charge in [0, 0.05) is 38.3 Å². The highest BCUT2D eigenvalue weighted by molar-refractivity contribution is 4.88. The fourth-order valence-electron chi connectivity index (χ4n) is 2.18. The predicted molar refractivity (Wildman–Crippen MR) is 55.0 cm³/mol. The quantitative estimate of drug-likeness (QED) is 0.702. The topological polar surface area (TPSA) is 24.5 Å². The van der Waals surface area contributed by atoms with Crippen molar-refractivity contribution in [1.82, 2.24) is 10.2 Å². The van der Waals surface area contributed by atoms with Gasteiger partial charge in [-0.2, -0.15) is 0 Å². The third-order valence-corrected chi connectivity index (χ3v) is 2.78. The normalized spacial score (nSPS) is 26.3. The minimum Gasteiger partial charge on any atom is -0.383 e. The number of methoxy groups -OCH3 is 1. The van der Waals surface area contributed by atoms with Gasteiger partial charge in [0.1, 0.15) is 0 Å². The Labute approximate surface area is 81.4 Å². The van der Waals surface area contributed by atoms with E-state index < -0.39 is 0 Å². The molecule has 1 unspecified atom stereocenters. The van der Waals surface area contributed by atoms with Crippen LogP contribution in [0.25, 0.3) is 0 Å². The van der Waals surface area contributed by atoms with Crippen LogP contribution in [0.15, 0.2) is 0 Å². The molecule has 1 heterocycles. The molecule has 1 fully saturated rings. The SMILES string of the molecule is COCC(C)(C)N1CCNCC1C. The number of rotatable bonds is 3. The molecule has 1 atom stereocenters. The first kappa shape index (κ1) is 11.0. The molecule has 1 saturated heterocycles. The zero-order valence-corrected chi connectivity index (χ0v) is 9.26. The average Bonchev–Trinajstić information content (AvgIpc) is 2.04. The van der Waals surface area contributed by atoms with Crippen LogP contribution in [0.1, 0.15) is 20.8 Å². The van der Waals surface area contributed by atoms with Crippen molar-refractivity contribution < 1.29 is 4.74 Å². The molecular formula is C10H22N2O. The van der Waals surface area contributed by atoms with Crippen LogP contribution < -0.4 is 5.32 Å². The number of ether oxygens (including phenoxy) is 1. The number of piperazine rings is 1. The lowest BCUT2D eigenvalue weighted by atomic mass is 10.00. The van der Waals surface area contributed by atoms with Crippen LogP contribution in [0.2, 0.25) is 0 Å². The molecule has 1 rings (SSSR count). The van der Waals surface area contributed by atoms with E-state index in [-0.39, 0.29) is 5.54 Å². The maximum absolute atomic E-state index is 5.25. The highest BCUT2D eigenvalue weighted by atomic mass is 16.5. The molecule has 0 radical (unpaired) electrons. The fourth-order valence-corrected chi connectivity index (χ4v) is 2.18. The Morgan fingerprint density at radius 2 is 2.23 bits per heavy atom. The summed E-state index contributed by atoms with van der Waals surface area (Å²) in [5.41, 5.74) is 0.163. The third-order valence-electron chi connectivity index (χ3n) is 2.78. The first-order chi connectivity index (χ1) is 6.08. The van der Waals surface area contributed by atoms with Crippen LogP contribution in [-0.2, 0) is 4.74 Å². The monoisotopic (exact) mass is 186 g/mol. The molecule has 1 N–H and O–H groups in total. The smallest absolute Gasteiger partial charge is 0.0641 e. The summed E-state index contributed by atoms with van der Waals surface area (Å²) in [6, 6.07) is 0.610. The molecule has 0 amide bonds. The second-order valence-electron chi connectivity index (χ2n) is 4.49. The Kier molecular flexibility index (Phi) is 3.71. The van der Waals surface area contributed by atoms with Crippen molar-refractivity contribution in [2.24, 2.45) is 0 Å². The second kappa shape index (κ2) is 4.40. The van der Waals surface area contributed by atoms with Gasteiger partial charge >= 0.3 is 0 Å². The van der Waals surface area contributed by atoms with Gasteiger partial charge in [-0.3, -0.25) is 4.90 Å². The molecule has 0 bridgehead atoms. The van der Waals surface area contributed by atoms with E-state index >= 15 is 0 Å². The third kappa shape index (κ3) is 2.66. The number of nitrogens with one attached hydrogen (secondary N) is 1. The molecule has 0 aliphatic carbocycles. The van der Waals surface area contributed by atoms with Crippen molar-refractivity contribution in [1.29, 1.82) is 0 Å². The van der Waals surface area contributed by atoms with E-state index in [1.165, 1.54) is 0 Å². The van der Waals surface area contributed by atoms with Crippen LogP contribution in [0, 0.1) is 0 Å². The van der Waals surface area contributed by atoms with Gasteiger partial charge in [-0.05, 0) is 20.8 Å². The lowest BCUT2D eigenvalue weighted by Crippen LogP contribution is -2.59. The molecule has 0 aromatic rings. The van der Waals surface area contributed by atoms with E-state index in [0.29, 0.717) is 6.04 Å². The highest BCUT2D eigenvalue weighted by Gasteiger charge is 2.31. The molecule has 0 saturated carbocycles. The summed E-state index contributed by atoms with van der Waals surface area (Å²) in [6.45, 7) is 10.9. The summed E-state index contributed by atoms with van der Waals surface area (Å²) in [5.74, 6) is 0. The van der Waals surface area contributed by atoms with Crippen molar-refractivity contribution in [2.75, 3.05) is 33.4 Å². The van der Waals surface area contributed by atoms with Gasteiger partial charge in [-0.1, -0.05) is 0 Å². The standard InChI is InChI=1S/C10H22N2O/c1-9-7-11-5-6-12(9)10(2,3)8-13-4/h9,11H,5-8H2,1-4H3. The van der Waals surface area contributed by atoms with Gasteiger partial charge in [0.05, 0.1) is 6.61 Å². The Morgan fingerprint density at radius 3 is 2.77 bits per heavy atom. The molecule has 1 aliphatic rings. The first-order valence-electron chi connectivity index (χ1n) is 5.04. The maximum atomic E-state index is 5.25. The minimum absolute atomic E-state index is 0.163. The zero-order valence-electron chi connectivity index (χ0n) is 9.26. The molecule has 0 aromatic carbocycles. The molecule has 3 heteroatoms. The summed E-state index contributed by atoms with van der Waals surface area (Å²) in [6.07, 6.45) is 0. The number of nitrogens with zero attached hydrogens (tertiary/aromatic N) is 1. The van der Waals surface area contributed by atoms with Gasteiger partial charge in [0.2, 0.25) is 0 Å². The second-order valence-corrected chi connectivity index (χ2v) is 4.49. The van der Waals surface area contributed by atoms with Gasteiger partial charge in [-0.15, -0.1) is 0 Å². The summed E-state index contributed by atoms with van der Waals surface area (Å²) in [5, 5.41) is 3.40. The molecule has 13 heavy (non-hydrogen) atoms. The molecule has 78 valence electrons. The van der Waals surface area contributed by atoms with Gasteiger partial charge in [-0.25, -0.2) is 0 Å². The zero-order chi connectivity index (χ0) is 9.90. The Balaban J connectivity index is 2.56. The lowest BCUT2D eigenvalue weighted by Gasteiger charge is -2.45. The number of hydrogen-bond acceptors (Lipinski definition) is 3. The summed E-state index contributed by atoms with van der Waals surface area (Å²) < 4.78 is 5.25. The van der Waals surface area contributed by atoms with E-state index in [0.717, 1.165) is 26.2 Å². The van der Waals surface area contributed by atoms with E-state index in [1.54, 1.807) is 7.11 Å². The first-order valence-corrected chi connectivity index (χ1v) is 5.04. The van der Waals surface area contributed by atoms with Crippen molar-refractivity contribution in [3.8, 4) is 0 Å². The Morgan fingerprint density at radius 1 is 1.54 bits per heavy atom. The number of hydrogen-bond donors (Lipinski definition) is 1. The fraction of sp³-hybridized carbons (Fsp3) is 1.00.